The van der Waals surface area contributed by atoms with Gasteiger partial charge in [-0.1, -0.05) is 153 Å². The Balaban J connectivity index is 1.42. The Hall–Kier alpha value is -5.38. The van der Waals surface area contributed by atoms with Gasteiger partial charge in [0.1, 0.15) is 8.07 Å². The predicted molar refractivity (Wildman–Crippen MR) is 193 cm³/mol. The van der Waals surface area contributed by atoms with Crippen LogP contribution in [0.4, 0.5) is 0 Å². The quantitative estimate of drug-likeness (QED) is 0.151. The Bertz CT molecular complexity index is 2460. The summed E-state index contributed by atoms with van der Waals surface area (Å²) in [5, 5.41) is 10.3. The lowest BCUT2D eigenvalue weighted by Gasteiger charge is -2.21. The van der Waals surface area contributed by atoms with Gasteiger partial charge in [0.05, 0.1) is 5.69 Å². The molecular formula is C42H30N2Si. The van der Waals surface area contributed by atoms with Crippen molar-refractivity contribution < 1.29 is 0 Å². The molecule has 2 nitrogen and oxygen atoms in total. The van der Waals surface area contributed by atoms with Gasteiger partial charge in [0.25, 0.3) is 0 Å². The zero-order valence-corrected chi connectivity index (χ0v) is 26.3. The largest absolute Gasteiger partial charge is 0.237 e. The number of nitrogens with zero attached hydrogens (tertiary/aromatic N) is 2. The third-order valence-electron chi connectivity index (χ3n) is 9.58. The van der Waals surface area contributed by atoms with Crippen molar-refractivity contribution in [2.75, 3.05) is 0 Å². The first-order valence-electron chi connectivity index (χ1n) is 15.6. The van der Waals surface area contributed by atoms with Gasteiger partial charge in [-0.3, -0.25) is 0 Å². The molecule has 8 aromatic rings. The molecule has 0 spiro atoms. The van der Waals surface area contributed by atoms with E-state index in [-0.39, 0.29) is 0 Å². The molecule has 45 heavy (non-hydrogen) atoms. The SMILES string of the molecule is C[Si]1(C)c2nc(-c3cccc(-c4ccccc4)c3)nc(-c3cccc4ccccc34)c2-c2c1c1ccccc1c1ccccc21. The fourth-order valence-corrected chi connectivity index (χ4v) is 10.8. The Kier molecular flexibility index (Phi) is 5.68. The van der Waals surface area contributed by atoms with Gasteiger partial charge in [-0.2, -0.15) is 0 Å². The van der Waals surface area contributed by atoms with Gasteiger partial charge in [0, 0.05) is 22.0 Å². The van der Waals surface area contributed by atoms with Crippen molar-refractivity contribution in [3.05, 3.63) is 146 Å². The third-order valence-corrected chi connectivity index (χ3v) is 12.9. The van der Waals surface area contributed by atoms with E-state index in [2.05, 4.69) is 159 Å². The van der Waals surface area contributed by atoms with Gasteiger partial charge in [-0.25, -0.2) is 9.97 Å². The number of benzene rings is 7. The molecule has 3 heteroatoms. The first-order valence-corrected chi connectivity index (χ1v) is 18.6. The highest BCUT2D eigenvalue weighted by Gasteiger charge is 2.44. The van der Waals surface area contributed by atoms with E-state index >= 15 is 0 Å². The van der Waals surface area contributed by atoms with Crippen LogP contribution in [0.2, 0.25) is 13.1 Å². The van der Waals surface area contributed by atoms with Crippen molar-refractivity contribution in [1.29, 1.82) is 0 Å². The minimum atomic E-state index is -2.29. The molecule has 2 heterocycles. The molecule has 1 aromatic heterocycles. The highest BCUT2D eigenvalue weighted by atomic mass is 28.3. The fraction of sp³-hybridized carbons (Fsp3) is 0.0476. The molecule has 1 aliphatic rings. The van der Waals surface area contributed by atoms with Crippen LogP contribution in [0, 0.1) is 0 Å². The average molecular weight is 591 g/mol. The highest BCUT2D eigenvalue weighted by molar-refractivity contribution is 7.05. The maximum absolute atomic E-state index is 5.56. The van der Waals surface area contributed by atoms with E-state index in [1.165, 1.54) is 65.1 Å². The molecule has 0 fully saturated rings. The predicted octanol–water partition coefficient (Wildman–Crippen LogP) is 9.74. The summed E-state index contributed by atoms with van der Waals surface area (Å²) in [5.41, 5.74) is 8.11. The molecule has 0 atom stereocenters. The van der Waals surface area contributed by atoms with Crippen molar-refractivity contribution in [2.24, 2.45) is 0 Å². The Labute approximate surface area is 263 Å². The second kappa shape index (κ2) is 9.81. The van der Waals surface area contributed by atoms with Crippen molar-refractivity contribution in [3.8, 4) is 44.9 Å². The summed E-state index contributed by atoms with van der Waals surface area (Å²) in [5.74, 6) is 0.788. The summed E-state index contributed by atoms with van der Waals surface area (Å²) in [6.45, 7) is 4.95. The maximum atomic E-state index is 5.56. The van der Waals surface area contributed by atoms with Crippen molar-refractivity contribution in [1.82, 2.24) is 9.97 Å². The third kappa shape index (κ3) is 3.87. The van der Waals surface area contributed by atoms with Crippen molar-refractivity contribution in [3.63, 3.8) is 0 Å². The molecule has 0 aliphatic carbocycles. The number of fused-ring (bicyclic) bond motifs is 9. The second-order valence-electron chi connectivity index (χ2n) is 12.6. The standard InChI is InChI=1S/C42H30N2Si/c1-45(2)40-36-24-11-9-22-33(36)32-21-8-10-23-34(32)37(40)38-39(35-25-13-17-28-16-6-7-20-31(28)35)43-41(44-42(38)45)30-19-12-18-29(26-30)27-14-4-3-5-15-27/h3-26H,1-2H3. The first kappa shape index (κ1) is 26.1. The van der Waals surface area contributed by atoms with Crippen LogP contribution in [0.3, 0.4) is 0 Å². The smallest absolute Gasteiger partial charge is 0.159 e. The van der Waals surface area contributed by atoms with E-state index in [0.717, 1.165) is 22.6 Å². The number of hydrogen-bond acceptors (Lipinski definition) is 2. The molecule has 7 aromatic carbocycles. The molecular weight excluding hydrogens is 561 g/mol. The van der Waals surface area contributed by atoms with E-state index in [1.807, 2.05) is 0 Å². The van der Waals surface area contributed by atoms with E-state index in [1.54, 1.807) is 0 Å². The molecule has 1 aliphatic heterocycles. The van der Waals surface area contributed by atoms with Crippen LogP contribution >= 0.6 is 0 Å². The van der Waals surface area contributed by atoms with Crippen LogP contribution in [-0.2, 0) is 0 Å². The van der Waals surface area contributed by atoms with Gasteiger partial charge < -0.3 is 0 Å². The lowest BCUT2D eigenvalue weighted by molar-refractivity contribution is 1.21. The molecule has 0 amide bonds. The minimum absolute atomic E-state index is 0.788. The lowest BCUT2D eigenvalue weighted by Crippen LogP contribution is -2.51. The van der Waals surface area contributed by atoms with E-state index < -0.39 is 8.07 Å². The summed E-state index contributed by atoms with van der Waals surface area (Å²) in [6.07, 6.45) is 0. The summed E-state index contributed by atoms with van der Waals surface area (Å²) in [4.78, 5) is 11.1. The topological polar surface area (TPSA) is 25.8 Å². The van der Waals surface area contributed by atoms with E-state index in [0.29, 0.717) is 0 Å². The van der Waals surface area contributed by atoms with Crippen LogP contribution in [0.1, 0.15) is 0 Å². The molecule has 0 saturated carbocycles. The van der Waals surface area contributed by atoms with E-state index in [4.69, 9.17) is 9.97 Å². The Morgan fingerprint density at radius 1 is 0.444 bits per heavy atom. The minimum Gasteiger partial charge on any atom is -0.237 e. The maximum Gasteiger partial charge on any atom is 0.159 e. The Morgan fingerprint density at radius 3 is 1.82 bits per heavy atom. The zero-order chi connectivity index (χ0) is 30.1. The van der Waals surface area contributed by atoms with Gasteiger partial charge in [-0.05, 0) is 60.3 Å². The van der Waals surface area contributed by atoms with Crippen molar-refractivity contribution in [2.45, 2.75) is 13.1 Å². The molecule has 0 saturated heterocycles. The molecule has 0 unspecified atom stereocenters. The van der Waals surface area contributed by atoms with Crippen LogP contribution in [0.25, 0.3) is 77.2 Å². The van der Waals surface area contributed by atoms with Crippen LogP contribution in [0.5, 0.6) is 0 Å². The summed E-state index contributed by atoms with van der Waals surface area (Å²) in [7, 11) is -2.29. The van der Waals surface area contributed by atoms with Gasteiger partial charge >= 0.3 is 0 Å². The number of aromatic nitrogens is 2. The van der Waals surface area contributed by atoms with Crippen LogP contribution in [-0.4, -0.2) is 18.0 Å². The molecule has 9 rings (SSSR count). The van der Waals surface area contributed by atoms with Crippen LogP contribution in [0.15, 0.2) is 146 Å². The zero-order valence-electron chi connectivity index (χ0n) is 25.3. The number of rotatable bonds is 3. The lowest BCUT2D eigenvalue weighted by atomic mass is 9.90. The van der Waals surface area contributed by atoms with Gasteiger partial charge in [0.2, 0.25) is 0 Å². The molecule has 0 bridgehead atoms. The van der Waals surface area contributed by atoms with Crippen molar-refractivity contribution >= 4 is 50.9 Å². The van der Waals surface area contributed by atoms with E-state index in [9.17, 15) is 0 Å². The number of hydrogen-bond donors (Lipinski definition) is 0. The average Bonchev–Trinajstić information content (AvgIpc) is 3.35. The summed E-state index contributed by atoms with van der Waals surface area (Å²) >= 11 is 0. The summed E-state index contributed by atoms with van der Waals surface area (Å²) in [6, 6.07) is 52.4. The monoisotopic (exact) mass is 590 g/mol. The van der Waals surface area contributed by atoms with Crippen LogP contribution < -0.4 is 10.5 Å². The summed E-state index contributed by atoms with van der Waals surface area (Å²) < 4.78 is 0. The molecule has 0 N–H and O–H groups in total. The molecule has 0 radical (unpaired) electrons. The Morgan fingerprint density at radius 2 is 1.02 bits per heavy atom. The second-order valence-corrected chi connectivity index (χ2v) is 16.8. The normalized spacial score (nSPS) is 13.3. The molecule has 212 valence electrons. The van der Waals surface area contributed by atoms with Gasteiger partial charge in [0.15, 0.2) is 5.82 Å². The highest BCUT2D eigenvalue weighted by Crippen LogP contribution is 2.44. The first-order chi connectivity index (χ1) is 22.1. The van der Waals surface area contributed by atoms with Gasteiger partial charge in [-0.15, -0.1) is 0 Å². The fourth-order valence-electron chi connectivity index (χ4n) is 7.54.